The van der Waals surface area contributed by atoms with Crippen LogP contribution < -0.4 is 19.6 Å². The molecule has 0 aromatic heterocycles. The molecule has 0 atom stereocenters. The number of hydrogen-bond acceptors (Lipinski definition) is 8. The van der Waals surface area contributed by atoms with Crippen LogP contribution >= 0.6 is 0 Å². The molecule has 0 spiro atoms. The van der Waals surface area contributed by atoms with Gasteiger partial charge in [-0.1, -0.05) is 48.5 Å². The summed E-state index contributed by atoms with van der Waals surface area (Å²) >= 11 is 0. The molecule has 8 heteroatoms. The van der Waals surface area contributed by atoms with Gasteiger partial charge in [-0.15, -0.1) is 0 Å². The molecule has 0 radical (unpaired) electrons. The lowest BCUT2D eigenvalue weighted by atomic mass is 9.64. The topological polar surface area (TPSA) is 108 Å². The predicted molar refractivity (Wildman–Crippen MR) is 212 cm³/mol. The summed E-state index contributed by atoms with van der Waals surface area (Å²) in [5.41, 5.74) is 10.2. The number of hydrogen-bond donors (Lipinski definition) is 0. The van der Waals surface area contributed by atoms with Crippen LogP contribution in [-0.2, 0) is 0 Å². The van der Waals surface area contributed by atoms with Crippen LogP contribution in [0.25, 0.3) is 11.1 Å². The zero-order chi connectivity index (χ0) is 37.7. The third kappa shape index (κ3) is 6.88. The van der Waals surface area contributed by atoms with E-state index in [0.29, 0.717) is 33.4 Å². The lowest BCUT2D eigenvalue weighted by Crippen LogP contribution is -2.22. The molecule has 0 heterocycles. The highest BCUT2D eigenvalue weighted by atomic mass is 15.1. The Balaban J connectivity index is 2.01. The van der Waals surface area contributed by atoms with Gasteiger partial charge in [0.2, 0.25) is 0 Å². The van der Waals surface area contributed by atoms with Crippen molar-refractivity contribution in [3.63, 3.8) is 0 Å². The van der Waals surface area contributed by atoms with Gasteiger partial charge in [-0.25, -0.2) is 0 Å². The largest absolute Gasteiger partial charge is 0.378 e. The van der Waals surface area contributed by atoms with Gasteiger partial charge in [0, 0.05) is 101 Å². The zero-order valence-corrected chi connectivity index (χ0v) is 30.8. The predicted octanol–water partition coefficient (Wildman–Crippen LogP) is 7.96. The van der Waals surface area contributed by atoms with Crippen molar-refractivity contribution < 1.29 is 0 Å². The van der Waals surface area contributed by atoms with E-state index in [-0.39, 0.29) is 11.1 Å². The Morgan fingerprint density at radius 2 is 0.519 bits per heavy atom. The van der Waals surface area contributed by atoms with E-state index in [9.17, 15) is 21.0 Å². The second-order valence-electron chi connectivity index (χ2n) is 13.2. The summed E-state index contributed by atoms with van der Waals surface area (Å²) in [6.07, 6.45) is 0. The minimum absolute atomic E-state index is 0.108. The monoisotopic (exact) mass is 680 g/mol. The molecule has 0 aliphatic heterocycles. The molecular formula is C44H40N8. The zero-order valence-electron chi connectivity index (χ0n) is 30.8. The fourth-order valence-corrected chi connectivity index (χ4v) is 6.33. The molecule has 4 aromatic carbocycles. The minimum Gasteiger partial charge on any atom is -0.378 e. The van der Waals surface area contributed by atoms with E-state index in [0.717, 1.165) is 45.0 Å². The highest BCUT2D eigenvalue weighted by Crippen LogP contribution is 2.56. The number of nitriles is 4. The molecule has 8 nitrogen and oxygen atoms in total. The van der Waals surface area contributed by atoms with Gasteiger partial charge in [-0.05, 0) is 81.9 Å². The van der Waals surface area contributed by atoms with Crippen molar-refractivity contribution in [3.8, 4) is 24.3 Å². The Labute approximate surface area is 307 Å². The Bertz CT molecular complexity index is 1960. The summed E-state index contributed by atoms with van der Waals surface area (Å²) in [7, 11) is 15.7. The van der Waals surface area contributed by atoms with Gasteiger partial charge in [0.25, 0.3) is 0 Å². The van der Waals surface area contributed by atoms with Crippen LogP contribution in [0.15, 0.2) is 131 Å². The van der Waals surface area contributed by atoms with Crippen molar-refractivity contribution in [1.29, 1.82) is 21.0 Å². The standard InChI is InChI=1S/C44H40N8/c1-49(2)35-17-9-29(10-18-35)39(30-11-19-36(20-12-30)50(3)4)43-41(33(25-45)26-46)44(42(43)34(27-47)28-48)40(31-13-21-37(22-14-31)51(5)6)32-15-23-38(24-16-32)52(7)8/h9-24H,1-8H3. The van der Waals surface area contributed by atoms with E-state index in [1.54, 1.807) is 0 Å². The molecule has 52 heavy (non-hydrogen) atoms. The van der Waals surface area contributed by atoms with E-state index < -0.39 is 0 Å². The summed E-state index contributed by atoms with van der Waals surface area (Å²) in [5, 5.41) is 42.1. The number of allylic oxidation sites excluding steroid dienone is 6. The average molecular weight is 681 g/mol. The molecule has 1 saturated carbocycles. The van der Waals surface area contributed by atoms with E-state index in [1.165, 1.54) is 0 Å². The molecule has 256 valence electrons. The highest BCUT2D eigenvalue weighted by molar-refractivity contribution is 6.05. The van der Waals surface area contributed by atoms with Gasteiger partial charge >= 0.3 is 0 Å². The van der Waals surface area contributed by atoms with Gasteiger partial charge in [-0.3, -0.25) is 0 Å². The Kier molecular flexibility index (Phi) is 10.7. The van der Waals surface area contributed by atoms with Crippen LogP contribution in [0.2, 0.25) is 0 Å². The highest BCUT2D eigenvalue weighted by Gasteiger charge is 2.41. The summed E-state index contributed by atoms with van der Waals surface area (Å²) in [5.74, 6) is 0. The molecule has 1 aliphatic carbocycles. The number of rotatable bonds is 8. The lowest BCUT2D eigenvalue weighted by Gasteiger charge is -2.36. The molecule has 1 fully saturated rings. The maximum atomic E-state index is 10.5. The van der Waals surface area contributed by atoms with Gasteiger partial charge in [0.15, 0.2) is 0 Å². The molecule has 0 saturated heterocycles. The first-order chi connectivity index (χ1) is 24.9. The van der Waals surface area contributed by atoms with Crippen molar-refractivity contribution in [2.24, 2.45) is 0 Å². The molecule has 4 aromatic rings. The van der Waals surface area contributed by atoms with Crippen LogP contribution in [0, 0.1) is 45.3 Å². The van der Waals surface area contributed by atoms with Crippen LogP contribution in [-0.4, -0.2) is 56.4 Å². The second-order valence-corrected chi connectivity index (χ2v) is 13.2. The third-order valence-corrected chi connectivity index (χ3v) is 9.14. The van der Waals surface area contributed by atoms with E-state index in [1.807, 2.05) is 173 Å². The fraction of sp³-hybridized carbons (Fsp3) is 0.182. The van der Waals surface area contributed by atoms with Gasteiger partial charge < -0.3 is 19.6 Å². The van der Waals surface area contributed by atoms with Gasteiger partial charge in [-0.2, -0.15) is 21.0 Å². The van der Waals surface area contributed by atoms with E-state index in [4.69, 9.17) is 0 Å². The third-order valence-electron chi connectivity index (χ3n) is 9.14. The summed E-state index contributed by atoms with van der Waals surface area (Å²) < 4.78 is 0. The van der Waals surface area contributed by atoms with Crippen molar-refractivity contribution >= 4 is 33.9 Å². The molecule has 0 bridgehead atoms. The minimum atomic E-state index is -0.108. The SMILES string of the molecule is CN(C)c1ccc(C(=C2C(=C(C#N)C#N)C(=C(c3ccc(N(C)C)cc3)c3ccc(N(C)C)cc3)C2=C(C#N)C#N)c2ccc(N(C)C)cc2)cc1. The van der Waals surface area contributed by atoms with Crippen LogP contribution in [0.3, 0.4) is 0 Å². The van der Waals surface area contributed by atoms with Crippen molar-refractivity contribution in [3.05, 3.63) is 153 Å². The maximum absolute atomic E-state index is 10.5. The van der Waals surface area contributed by atoms with Crippen LogP contribution in [0.4, 0.5) is 22.7 Å². The maximum Gasteiger partial charge on any atom is 0.138 e. The Morgan fingerprint density at radius 3 is 0.673 bits per heavy atom. The number of nitrogens with zero attached hydrogens (tertiary/aromatic N) is 8. The molecule has 5 rings (SSSR count). The van der Waals surface area contributed by atoms with E-state index in [2.05, 4.69) is 24.3 Å². The Hall–Kier alpha value is -7.00. The summed E-state index contributed by atoms with van der Waals surface area (Å²) in [4.78, 5) is 8.02. The normalized spacial score (nSPS) is 11.6. The Morgan fingerprint density at radius 1 is 0.327 bits per heavy atom. The lowest BCUT2D eigenvalue weighted by molar-refractivity contribution is 1.13. The van der Waals surface area contributed by atoms with Gasteiger partial charge in [0.05, 0.1) is 0 Å². The summed E-state index contributed by atoms with van der Waals surface area (Å²) in [6, 6.07) is 40.6. The first-order valence-corrected chi connectivity index (χ1v) is 16.7. The fourth-order valence-electron chi connectivity index (χ4n) is 6.33. The summed E-state index contributed by atoms with van der Waals surface area (Å²) in [6.45, 7) is 0. The molecule has 0 N–H and O–H groups in total. The van der Waals surface area contributed by atoms with Crippen LogP contribution in [0.1, 0.15) is 22.3 Å². The van der Waals surface area contributed by atoms with E-state index >= 15 is 0 Å². The van der Waals surface area contributed by atoms with Crippen molar-refractivity contribution in [1.82, 2.24) is 0 Å². The molecule has 0 amide bonds. The van der Waals surface area contributed by atoms with Crippen LogP contribution in [0.5, 0.6) is 0 Å². The average Bonchev–Trinajstić information content (AvgIpc) is 3.15. The molecule has 1 aliphatic rings. The van der Waals surface area contributed by atoms with Crippen molar-refractivity contribution in [2.75, 3.05) is 76.0 Å². The smallest absolute Gasteiger partial charge is 0.138 e. The second kappa shape index (κ2) is 15.3. The quantitative estimate of drug-likeness (QED) is 0.173. The first kappa shape index (κ1) is 36.3. The molecule has 0 unspecified atom stereocenters. The number of benzene rings is 4. The van der Waals surface area contributed by atoms with Crippen molar-refractivity contribution in [2.45, 2.75) is 0 Å². The first-order valence-electron chi connectivity index (χ1n) is 16.7. The molecular weight excluding hydrogens is 641 g/mol. The number of anilines is 4. The van der Waals surface area contributed by atoms with Gasteiger partial charge in [0.1, 0.15) is 35.4 Å².